The lowest BCUT2D eigenvalue weighted by Crippen LogP contribution is -1.88. The molecule has 0 saturated heterocycles. The highest BCUT2D eigenvalue weighted by Gasteiger charge is 1.89. The lowest BCUT2D eigenvalue weighted by Gasteiger charge is -1.99. The Morgan fingerprint density at radius 3 is 2.16 bits per heavy atom. The summed E-state index contributed by atoms with van der Waals surface area (Å²) in [7, 11) is 0. The largest absolute Gasteiger partial charge is 0.361 e. The van der Waals surface area contributed by atoms with Gasteiger partial charge in [0.2, 0.25) is 0 Å². The highest BCUT2D eigenvalue weighted by atomic mass is 79.9. The Morgan fingerprint density at radius 1 is 0.947 bits per heavy atom. The molecule has 2 rings (SSSR count). The van der Waals surface area contributed by atoms with Gasteiger partial charge in [-0.3, -0.25) is 4.99 Å². The van der Waals surface area contributed by atoms with Crippen LogP contribution in [0, 0.1) is 0 Å². The van der Waals surface area contributed by atoms with Gasteiger partial charge in [-0.1, -0.05) is 36.4 Å². The van der Waals surface area contributed by atoms with Crippen LogP contribution in [-0.2, 0) is 0 Å². The second-order valence-electron chi connectivity index (χ2n) is 3.63. The maximum absolute atomic E-state index is 4.34. The summed E-state index contributed by atoms with van der Waals surface area (Å²) in [5.41, 5.74) is 1.98. The first-order valence-corrected chi connectivity index (χ1v) is 6.40. The third-order valence-electron chi connectivity index (χ3n) is 2.24. The minimum absolute atomic E-state index is 0. The highest BCUT2D eigenvalue weighted by molar-refractivity contribution is 9.12. The molecule has 0 spiro atoms. The second kappa shape index (κ2) is 8.67. The molecule has 0 bridgehead atoms. The van der Waals surface area contributed by atoms with E-state index < -0.39 is 0 Å². The van der Waals surface area contributed by atoms with Crippen LogP contribution in [-0.4, -0.2) is 6.21 Å². The van der Waals surface area contributed by atoms with Crippen molar-refractivity contribution in [1.29, 1.82) is 0 Å². The zero-order valence-electron chi connectivity index (χ0n) is 10.2. The lowest BCUT2D eigenvalue weighted by atomic mass is 10.3. The fourth-order valence-corrected chi connectivity index (χ4v) is 1.59. The summed E-state index contributed by atoms with van der Waals surface area (Å²) in [5, 5.41) is 3.18. The maximum atomic E-state index is 4.34. The van der Waals surface area contributed by atoms with Crippen molar-refractivity contribution in [1.82, 2.24) is 0 Å². The average Bonchev–Trinajstić information content (AvgIpc) is 2.45. The molecule has 2 aromatic carbocycles. The second-order valence-corrected chi connectivity index (χ2v) is 4.55. The fraction of sp³-hybridized carbons (Fsp3) is 0. The lowest BCUT2D eigenvalue weighted by molar-refractivity contribution is 1.53. The molecule has 4 heteroatoms. The summed E-state index contributed by atoms with van der Waals surface area (Å²) < 4.78 is 0.884. The molecule has 0 atom stereocenters. The van der Waals surface area contributed by atoms with E-state index in [1.807, 2.05) is 66.9 Å². The van der Waals surface area contributed by atoms with Crippen LogP contribution in [0.3, 0.4) is 0 Å². The summed E-state index contributed by atoms with van der Waals surface area (Å²) in [4.78, 5) is 4.34. The molecule has 0 aliphatic heterocycles. The van der Waals surface area contributed by atoms with Crippen LogP contribution in [0.2, 0.25) is 0 Å². The Morgan fingerprint density at radius 2 is 1.53 bits per heavy atom. The molecule has 0 fully saturated rings. The molecule has 2 aromatic rings. The minimum atomic E-state index is 0. The van der Waals surface area contributed by atoms with E-state index in [-0.39, 0.29) is 17.0 Å². The van der Waals surface area contributed by atoms with Gasteiger partial charge in [-0.25, -0.2) is 0 Å². The van der Waals surface area contributed by atoms with E-state index in [1.54, 1.807) is 6.21 Å². The Kier molecular flexibility index (Phi) is 7.15. The van der Waals surface area contributed by atoms with Gasteiger partial charge in [-0.05, 0) is 40.2 Å². The smallest absolute Gasteiger partial charge is 0.0630 e. The van der Waals surface area contributed by atoms with Gasteiger partial charge in [0.15, 0.2) is 0 Å². The zero-order valence-corrected chi connectivity index (χ0v) is 13.5. The molecular weight excluding hydrogens is 368 g/mol. The molecule has 19 heavy (non-hydrogen) atoms. The number of rotatable bonds is 4. The molecule has 2 nitrogen and oxygen atoms in total. The summed E-state index contributed by atoms with van der Waals surface area (Å²) >= 11 is 3.44. The first kappa shape index (κ1) is 15.7. The molecular formula is C15H14Br2N2. The topological polar surface area (TPSA) is 24.4 Å². The Labute approximate surface area is 132 Å². The van der Waals surface area contributed by atoms with Crippen molar-refractivity contribution in [3.8, 4) is 0 Å². The van der Waals surface area contributed by atoms with Crippen molar-refractivity contribution >= 4 is 50.5 Å². The van der Waals surface area contributed by atoms with E-state index in [4.69, 9.17) is 0 Å². The number of hydrogen-bond acceptors (Lipinski definition) is 2. The predicted octanol–water partition coefficient (Wildman–Crippen LogP) is 5.32. The third kappa shape index (κ3) is 5.85. The standard InChI is InChI=1S/C15H13BrN2.BrH/c16-13(11-17-14-7-3-1-4-8-14)12-18-15-9-5-2-6-10-15;/h1-12,17H;1H/b13-11-,18-12?;. The Hall–Kier alpha value is -1.39. The number of para-hydroxylation sites is 2. The molecule has 1 N–H and O–H groups in total. The van der Waals surface area contributed by atoms with Crippen LogP contribution in [0.25, 0.3) is 0 Å². The third-order valence-corrected chi connectivity index (χ3v) is 2.68. The van der Waals surface area contributed by atoms with E-state index in [0.29, 0.717) is 0 Å². The summed E-state index contributed by atoms with van der Waals surface area (Å²) in [6.45, 7) is 0. The van der Waals surface area contributed by atoms with E-state index in [9.17, 15) is 0 Å². The number of anilines is 1. The van der Waals surface area contributed by atoms with Gasteiger partial charge in [0.05, 0.1) is 10.2 Å². The molecule has 0 saturated carbocycles. The molecule has 98 valence electrons. The van der Waals surface area contributed by atoms with Gasteiger partial charge in [0.1, 0.15) is 0 Å². The predicted molar refractivity (Wildman–Crippen MR) is 92.0 cm³/mol. The molecule has 0 aliphatic rings. The number of hydrogen-bond donors (Lipinski definition) is 1. The van der Waals surface area contributed by atoms with Crippen LogP contribution in [0.15, 0.2) is 76.3 Å². The van der Waals surface area contributed by atoms with Gasteiger partial charge < -0.3 is 5.32 Å². The van der Waals surface area contributed by atoms with Crippen LogP contribution >= 0.6 is 32.9 Å². The molecule has 0 radical (unpaired) electrons. The number of halogens is 2. The zero-order chi connectivity index (χ0) is 12.6. The van der Waals surface area contributed by atoms with E-state index >= 15 is 0 Å². The maximum Gasteiger partial charge on any atom is 0.0630 e. The molecule has 0 amide bonds. The molecule has 0 aromatic heterocycles. The van der Waals surface area contributed by atoms with Crippen LogP contribution in [0.1, 0.15) is 0 Å². The van der Waals surface area contributed by atoms with Crippen molar-refractivity contribution in [3.63, 3.8) is 0 Å². The van der Waals surface area contributed by atoms with Crippen molar-refractivity contribution < 1.29 is 0 Å². The van der Waals surface area contributed by atoms with Gasteiger partial charge >= 0.3 is 0 Å². The van der Waals surface area contributed by atoms with Gasteiger partial charge in [-0.2, -0.15) is 0 Å². The van der Waals surface area contributed by atoms with Crippen molar-refractivity contribution in [2.24, 2.45) is 4.99 Å². The fourth-order valence-electron chi connectivity index (χ4n) is 1.37. The Bertz CT molecular complexity index is 537. The Balaban J connectivity index is 0.00000180. The number of allylic oxidation sites excluding steroid dienone is 1. The van der Waals surface area contributed by atoms with Gasteiger partial charge in [-0.15, -0.1) is 17.0 Å². The normalized spacial score (nSPS) is 11.1. The number of nitrogens with one attached hydrogen (secondary N) is 1. The van der Waals surface area contributed by atoms with Crippen molar-refractivity contribution in [2.75, 3.05) is 5.32 Å². The molecule has 0 aliphatic carbocycles. The quantitative estimate of drug-likeness (QED) is 0.712. The first-order chi connectivity index (χ1) is 8.84. The molecule has 0 unspecified atom stereocenters. The van der Waals surface area contributed by atoms with Gasteiger partial charge in [0, 0.05) is 18.1 Å². The minimum Gasteiger partial charge on any atom is -0.361 e. The van der Waals surface area contributed by atoms with Crippen LogP contribution in [0.4, 0.5) is 11.4 Å². The SMILES string of the molecule is Br.Br/C(C=Nc1ccccc1)=C\Nc1ccccc1. The number of aliphatic imine (C=N–C) groups is 1. The van der Waals surface area contributed by atoms with Crippen LogP contribution in [0.5, 0.6) is 0 Å². The number of nitrogens with zero attached hydrogens (tertiary/aromatic N) is 1. The van der Waals surface area contributed by atoms with Gasteiger partial charge in [0.25, 0.3) is 0 Å². The molecule has 0 heterocycles. The van der Waals surface area contributed by atoms with Crippen molar-refractivity contribution in [2.45, 2.75) is 0 Å². The van der Waals surface area contributed by atoms with Crippen molar-refractivity contribution in [3.05, 3.63) is 71.3 Å². The van der Waals surface area contributed by atoms with E-state index in [2.05, 4.69) is 26.2 Å². The highest BCUT2D eigenvalue weighted by Crippen LogP contribution is 2.12. The number of benzene rings is 2. The summed E-state index contributed by atoms with van der Waals surface area (Å²) in [6, 6.07) is 19.8. The summed E-state index contributed by atoms with van der Waals surface area (Å²) in [5.74, 6) is 0. The van der Waals surface area contributed by atoms with E-state index in [0.717, 1.165) is 15.9 Å². The van der Waals surface area contributed by atoms with E-state index in [1.165, 1.54) is 0 Å². The average molecular weight is 382 g/mol. The summed E-state index contributed by atoms with van der Waals surface area (Å²) in [6.07, 6.45) is 3.63. The monoisotopic (exact) mass is 380 g/mol. The first-order valence-electron chi connectivity index (χ1n) is 5.61. The van der Waals surface area contributed by atoms with Crippen LogP contribution < -0.4 is 5.32 Å².